The van der Waals surface area contributed by atoms with Crippen molar-refractivity contribution in [2.75, 3.05) is 0 Å². The third kappa shape index (κ3) is 3.57. The lowest BCUT2D eigenvalue weighted by Crippen LogP contribution is -2.39. The van der Waals surface area contributed by atoms with E-state index in [4.69, 9.17) is 0 Å². The number of rotatable bonds is 4. The largest absolute Gasteiger partial charge is 0.422 e. The summed E-state index contributed by atoms with van der Waals surface area (Å²) >= 11 is 0. The van der Waals surface area contributed by atoms with Crippen molar-refractivity contribution in [3.8, 4) is 0 Å². The molecule has 3 rings (SSSR count). The Morgan fingerprint density at radius 1 is 1.25 bits per heavy atom. The van der Waals surface area contributed by atoms with Crippen molar-refractivity contribution in [3.63, 3.8) is 0 Å². The number of benzene rings is 1. The van der Waals surface area contributed by atoms with Crippen LogP contribution >= 0.6 is 0 Å². The van der Waals surface area contributed by atoms with Gasteiger partial charge in [-0.1, -0.05) is 6.07 Å². The first kappa shape index (κ1) is 19.8. The van der Waals surface area contributed by atoms with E-state index in [2.05, 4.69) is 15.4 Å². The second-order valence-electron chi connectivity index (χ2n) is 6.74. The molecule has 0 aliphatic carbocycles. The van der Waals surface area contributed by atoms with Gasteiger partial charge in [0.2, 0.25) is 0 Å². The van der Waals surface area contributed by atoms with E-state index in [1.165, 1.54) is 18.2 Å². The Bertz CT molecular complexity index is 1040. The molecule has 9 heteroatoms. The number of amides is 1. The number of carbonyl (C=O) groups excluding carboxylic acids is 1. The van der Waals surface area contributed by atoms with Crippen LogP contribution in [0.1, 0.15) is 34.2 Å². The maximum Gasteiger partial charge on any atom is 0.422 e. The average Bonchev–Trinajstić information content (AvgIpc) is 2.96. The highest BCUT2D eigenvalue weighted by atomic mass is 19.4. The molecule has 1 aromatic carbocycles. The van der Waals surface area contributed by atoms with Gasteiger partial charge in [0.15, 0.2) is 5.60 Å². The summed E-state index contributed by atoms with van der Waals surface area (Å²) in [5, 5.41) is 17.2. The number of aromatic nitrogens is 3. The third-order valence-electron chi connectivity index (χ3n) is 4.78. The highest BCUT2D eigenvalue weighted by molar-refractivity contribution is 5.97. The fourth-order valence-corrected chi connectivity index (χ4v) is 2.68. The molecule has 2 heterocycles. The van der Waals surface area contributed by atoms with Gasteiger partial charge in [0, 0.05) is 35.8 Å². The first-order chi connectivity index (χ1) is 13.0. The molecule has 0 aliphatic heterocycles. The van der Waals surface area contributed by atoms with Gasteiger partial charge < -0.3 is 10.4 Å². The summed E-state index contributed by atoms with van der Waals surface area (Å²) in [6.45, 7) is 2.86. The number of hydrogen-bond donors (Lipinski definition) is 2. The van der Waals surface area contributed by atoms with E-state index >= 15 is 0 Å². The molecule has 28 heavy (non-hydrogen) atoms. The number of nitrogens with one attached hydrogen (secondary N) is 1. The van der Waals surface area contributed by atoms with Crippen LogP contribution in [-0.2, 0) is 19.2 Å². The first-order valence-electron chi connectivity index (χ1n) is 8.47. The molecule has 0 aliphatic rings. The van der Waals surface area contributed by atoms with Crippen LogP contribution in [0.15, 0.2) is 36.5 Å². The van der Waals surface area contributed by atoms with Crippen molar-refractivity contribution < 1.29 is 23.1 Å². The van der Waals surface area contributed by atoms with Crippen molar-refractivity contribution in [2.24, 2.45) is 7.05 Å². The lowest BCUT2D eigenvalue weighted by Gasteiger charge is -2.25. The summed E-state index contributed by atoms with van der Waals surface area (Å²) in [4.78, 5) is 16.3. The Hall–Kier alpha value is -2.94. The lowest BCUT2D eigenvalue weighted by molar-refractivity contribution is -0.260. The van der Waals surface area contributed by atoms with Gasteiger partial charge in [0.1, 0.15) is 0 Å². The molecule has 0 fully saturated rings. The lowest BCUT2D eigenvalue weighted by atomic mass is 9.99. The topological polar surface area (TPSA) is 80.0 Å². The molecule has 0 spiro atoms. The molecule has 0 unspecified atom stereocenters. The van der Waals surface area contributed by atoms with Crippen LogP contribution in [0.3, 0.4) is 0 Å². The van der Waals surface area contributed by atoms with Crippen molar-refractivity contribution >= 4 is 16.8 Å². The Labute approximate surface area is 159 Å². The molecule has 0 bridgehead atoms. The van der Waals surface area contributed by atoms with Gasteiger partial charge in [-0.2, -0.15) is 18.3 Å². The van der Waals surface area contributed by atoms with Gasteiger partial charge in [0.25, 0.3) is 5.91 Å². The highest BCUT2D eigenvalue weighted by Crippen LogP contribution is 2.38. The van der Waals surface area contributed by atoms with Crippen LogP contribution in [0.2, 0.25) is 0 Å². The van der Waals surface area contributed by atoms with Crippen LogP contribution in [0, 0.1) is 6.92 Å². The normalized spacial score (nSPS) is 14.1. The number of fused-ring (bicyclic) bond motifs is 1. The van der Waals surface area contributed by atoms with E-state index in [-0.39, 0.29) is 11.4 Å². The molecule has 3 aromatic rings. The quantitative estimate of drug-likeness (QED) is 0.716. The molecule has 6 nitrogen and oxygen atoms in total. The molecular weight excluding hydrogens is 373 g/mol. The van der Waals surface area contributed by atoms with Crippen LogP contribution in [-0.4, -0.2) is 32.0 Å². The first-order valence-corrected chi connectivity index (χ1v) is 8.47. The fourth-order valence-electron chi connectivity index (χ4n) is 2.68. The van der Waals surface area contributed by atoms with Gasteiger partial charge in [-0.3, -0.25) is 9.48 Å². The minimum atomic E-state index is -4.85. The summed E-state index contributed by atoms with van der Waals surface area (Å²) in [5.41, 5.74) is -1.13. The number of pyridine rings is 1. The smallest absolute Gasteiger partial charge is 0.375 e. The molecule has 0 saturated heterocycles. The number of alkyl halides is 3. The standard InChI is InChI=1S/C19H19F3N4O2/c1-11-14(10-24-26(11)3)9-23-17(27)13-4-6-15-12(8-13)5-7-16(25-15)18(2,28)19(20,21)22/h4-8,10,28H,9H2,1-3H3,(H,23,27)/t18-/m1/s1. The van der Waals surface area contributed by atoms with Gasteiger partial charge in [-0.15, -0.1) is 0 Å². The molecular formula is C19H19F3N4O2. The van der Waals surface area contributed by atoms with Crippen LogP contribution in [0.5, 0.6) is 0 Å². The van der Waals surface area contributed by atoms with E-state index in [1.807, 2.05) is 6.92 Å². The van der Waals surface area contributed by atoms with Gasteiger partial charge in [0.05, 0.1) is 17.4 Å². The van der Waals surface area contributed by atoms with Gasteiger partial charge in [-0.05, 0) is 38.1 Å². The predicted octanol–water partition coefficient (Wildman–Crippen LogP) is 2.98. The Morgan fingerprint density at radius 3 is 2.57 bits per heavy atom. The van der Waals surface area contributed by atoms with Crippen molar-refractivity contribution in [2.45, 2.75) is 32.2 Å². The van der Waals surface area contributed by atoms with E-state index in [0.717, 1.165) is 17.3 Å². The molecule has 1 atom stereocenters. The summed E-state index contributed by atoms with van der Waals surface area (Å²) in [6.07, 6.45) is -3.17. The second kappa shape index (κ2) is 6.90. The van der Waals surface area contributed by atoms with Crippen LogP contribution in [0.4, 0.5) is 13.2 Å². The van der Waals surface area contributed by atoms with Crippen molar-refractivity contribution in [1.82, 2.24) is 20.1 Å². The number of carbonyl (C=O) groups is 1. The molecule has 0 radical (unpaired) electrons. The van der Waals surface area contributed by atoms with Gasteiger partial charge in [-0.25, -0.2) is 4.98 Å². The Balaban J connectivity index is 1.81. The number of aryl methyl sites for hydroxylation is 1. The minimum Gasteiger partial charge on any atom is -0.375 e. The Morgan fingerprint density at radius 2 is 1.96 bits per heavy atom. The maximum atomic E-state index is 13.0. The van der Waals surface area contributed by atoms with E-state index in [1.54, 1.807) is 24.0 Å². The van der Waals surface area contributed by atoms with Gasteiger partial charge >= 0.3 is 6.18 Å². The number of aliphatic hydroxyl groups is 1. The molecule has 1 amide bonds. The van der Waals surface area contributed by atoms with Crippen molar-refractivity contribution in [3.05, 3.63) is 59.0 Å². The highest BCUT2D eigenvalue weighted by Gasteiger charge is 2.52. The molecule has 2 N–H and O–H groups in total. The minimum absolute atomic E-state index is 0.252. The zero-order chi connectivity index (χ0) is 20.7. The van der Waals surface area contributed by atoms with E-state index in [9.17, 15) is 23.1 Å². The SMILES string of the molecule is Cc1c(CNC(=O)c2ccc3nc([C@@](C)(O)C(F)(F)F)ccc3c2)cnn1C. The van der Waals surface area contributed by atoms with Crippen LogP contribution < -0.4 is 5.32 Å². The zero-order valence-electron chi connectivity index (χ0n) is 15.5. The van der Waals surface area contributed by atoms with E-state index in [0.29, 0.717) is 24.4 Å². The number of nitrogens with zero attached hydrogens (tertiary/aromatic N) is 3. The summed E-state index contributed by atoms with van der Waals surface area (Å²) < 4.78 is 40.7. The zero-order valence-corrected chi connectivity index (χ0v) is 15.5. The van der Waals surface area contributed by atoms with Crippen LogP contribution in [0.25, 0.3) is 10.9 Å². The molecule has 2 aromatic heterocycles. The predicted molar refractivity (Wildman–Crippen MR) is 96.5 cm³/mol. The number of halogens is 3. The monoisotopic (exact) mass is 392 g/mol. The molecule has 148 valence electrons. The Kier molecular flexibility index (Phi) is 4.88. The van der Waals surface area contributed by atoms with E-state index < -0.39 is 17.5 Å². The number of hydrogen-bond acceptors (Lipinski definition) is 4. The third-order valence-corrected chi connectivity index (χ3v) is 4.78. The summed E-state index contributed by atoms with van der Waals surface area (Å²) in [5.74, 6) is -0.323. The second-order valence-corrected chi connectivity index (χ2v) is 6.74. The average molecular weight is 392 g/mol. The maximum absolute atomic E-state index is 13.0. The summed E-state index contributed by atoms with van der Waals surface area (Å²) in [6, 6.07) is 6.98. The molecule has 0 saturated carbocycles. The summed E-state index contributed by atoms with van der Waals surface area (Å²) in [7, 11) is 1.81. The fraction of sp³-hybridized carbons (Fsp3) is 0.316. The van der Waals surface area contributed by atoms with Crippen molar-refractivity contribution in [1.29, 1.82) is 0 Å².